The van der Waals surface area contributed by atoms with E-state index in [1.807, 2.05) is 107 Å². The highest BCUT2D eigenvalue weighted by atomic mass is 32.3. The standard InChI is InChI=1S/C41H61NO8S/c1-32(26-20-16-12-11-13-17-21-27-33(2)41(45)46)40(44)35(4)38(43)30-22-18-14-9-7-6-8-10-15-19-23-31-39(50-51(47,48)49)34(3)36(5)42-37-28-24-25-29-37/h6-11,13-15,17-23,26-27,30,32,34-40,42-44H,12,16,24-25,28-29,31H2,1-5H3,(H,45,46)(H,47,48,49). The maximum atomic E-state index is 11.4. The summed E-state index contributed by atoms with van der Waals surface area (Å²) >= 11 is 0. The van der Waals surface area contributed by atoms with E-state index >= 15 is 0 Å². The van der Waals surface area contributed by atoms with Gasteiger partial charge in [0.15, 0.2) is 0 Å². The zero-order chi connectivity index (χ0) is 38.1. The third-order valence-corrected chi connectivity index (χ3v) is 9.37. The summed E-state index contributed by atoms with van der Waals surface area (Å²) in [6.07, 6.45) is 39.1. The third kappa shape index (κ3) is 22.2. The third-order valence-electron chi connectivity index (χ3n) is 8.88. The molecule has 0 amide bonds. The van der Waals surface area contributed by atoms with Crippen molar-refractivity contribution >= 4 is 16.4 Å². The number of hydrogen-bond acceptors (Lipinski definition) is 7. The Morgan fingerprint density at radius 2 is 1.29 bits per heavy atom. The highest BCUT2D eigenvalue weighted by Crippen LogP contribution is 2.23. The second kappa shape index (κ2) is 26.4. The number of aliphatic carboxylic acids is 1. The van der Waals surface area contributed by atoms with Crippen LogP contribution in [0.4, 0.5) is 0 Å². The minimum Gasteiger partial charge on any atom is -0.478 e. The Labute approximate surface area is 306 Å². The average molecular weight is 728 g/mol. The molecule has 7 unspecified atom stereocenters. The molecule has 1 rings (SSSR count). The molecule has 51 heavy (non-hydrogen) atoms. The van der Waals surface area contributed by atoms with Gasteiger partial charge in [-0.2, -0.15) is 8.42 Å². The van der Waals surface area contributed by atoms with Gasteiger partial charge in [0.05, 0.1) is 18.3 Å². The van der Waals surface area contributed by atoms with Crippen LogP contribution in [0.15, 0.2) is 121 Å². The lowest BCUT2D eigenvalue weighted by atomic mass is 9.88. The van der Waals surface area contributed by atoms with Crippen molar-refractivity contribution in [1.82, 2.24) is 5.32 Å². The number of nitrogens with one attached hydrogen (secondary N) is 1. The second-order valence-electron chi connectivity index (χ2n) is 13.1. The summed E-state index contributed by atoms with van der Waals surface area (Å²) in [4.78, 5) is 10.7. The molecule has 1 aliphatic carbocycles. The van der Waals surface area contributed by atoms with Crippen molar-refractivity contribution in [3.63, 3.8) is 0 Å². The summed E-state index contributed by atoms with van der Waals surface area (Å²) in [6.45, 7) is 9.23. The highest BCUT2D eigenvalue weighted by Gasteiger charge is 2.29. The van der Waals surface area contributed by atoms with Crippen LogP contribution in [0, 0.1) is 17.8 Å². The molecule has 0 aromatic rings. The molecule has 1 saturated carbocycles. The molecule has 9 nitrogen and oxygen atoms in total. The van der Waals surface area contributed by atoms with Gasteiger partial charge in [0.2, 0.25) is 0 Å². The molecule has 1 aliphatic rings. The van der Waals surface area contributed by atoms with Crippen LogP contribution >= 0.6 is 0 Å². The van der Waals surface area contributed by atoms with Crippen LogP contribution in [0.3, 0.4) is 0 Å². The van der Waals surface area contributed by atoms with Crippen LogP contribution in [-0.4, -0.2) is 64.7 Å². The predicted octanol–water partition coefficient (Wildman–Crippen LogP) is 7.93. The molecule has 5 N–H and O–H groups in total. The van der Waals surface area contributed by atoms with E-state index in [4.69, 9.17) is 9.29 Å². The topological polar surface area (TPSA) is 153 Å². The van der Waals surface area contributed by atoms with Gasteiger partial charge in [-0.25, -0.2) is 8.98 Å². The molecule has 1 fully saturated rings. The van der Waals surface area contributed by atoms with Gasteiger partial charge < -0.3 is 20.6 Å². The monoisotopic (exact) mass is 727 g/mol. The number of carboxylic acid groups (broad SMARTS) is 1. The minimum absolute atomic E-state index is 0.0370. The lowest BCUT2D eigenvalue weighted by Crippen LogP contribution is -2.43. The number of rotatable bonds is 24. The zero-order valence-corrected chi connectivity index (χ0v) is 31.7. The number of carbonyl (C=O) groups is 1. The SMILES string of the molecule is CC(=CC=CC=CCCC=CC(C)C(O)C(C)C(O)C=CC=CC=CC=CC=CC=CCC(OS(=O)(=O)O)C(C)C(C)NC1CCCC1)C(=O)O. The van der Waals surface area contributed by atoms with Crippen molar-refractivity contribution in [2.45, 2.75) is 110 Å². The molecule has 7 atom stereocenters. The van der Waals surface area contributed by atoms with Gasteiger partial charge in [0.25, 0.3) is 0 Å². The smallest absolute Gasteiger partial charge is 0.397 e. The quantitative estimate of drug-likeness (QED) is 0.0219. The Morgan fingerprint density at radius 3 is 1.88 bits per heavy atom. The van der Waals surface area contributed by atoms with E-state index in [0.717, 1.165) is 25.7 Å². The average Bonchev–Trinajstić information content (AvgIpc) is 3.60. The number of carboxylic acids is 1. The first-order chi connectivity index (χ1) is 24.2. The van der Waals surface area contributed by atoms with Crippen LogP contribution in [0.5, 0.6) is 0 Å². The summed E-state index contributed by atoms with van der Waals surface area (Å²) in [5, 5.41) is 33.6. The molecule has 0 aliphatic heterocycles. The fraction of sp³-hybridized carbons (Fsp3) is 0.488. The zero-order valence-electron chi connectivity index (χ0n) is 30.9. The summed E-state index contributed by atoms with van der Waals surface area (Å²) < 4.78 is 37.2. The number of aliphatic hydroxyl groups excluding tert-OH is 2. The van der Waals surface area contributed by atoms with Crippen LogP contribution in [0.2, 0.25) is 0 Å². The Balaban J connectivity index is 2.42. The molecule has 0 saturated heterocycles. The maximum absolute atomic E-state index is 11.4. The number of hydrogen-bond donors (Lipinski definition) is 5. The Bertz CT molecular complexity index is 1410. The molecule has 0 aromatic heterocycles. The first-order valence-electron chi connectivity index (χ1n) is 17.9. The molecular weight excluding hydrogens is 667 g/mol. The fourth-order valence-electron chi connectivity index (χ4n) is 5.40. The van der Waals surface area contributed by atoms with Gasteiger partial charge in [-0.05, 0) is 51.9 Å². The first-order valence-corrected chi connectivity index (χ1v) is 19.3. The van der Waals surface area contributed by atoms with Gasteiger partial charge in [-0.15, -0.1) is 0 Å². The molecule has 0 aromatic carbocycles. The van der Waals surface area contributed by atoms with E-state index in [1.54, 1.807) is 43.4 Å². The molecule has 10 heteroatoms. The van der Waals surface area contributed by atoms with E-state index in [0.29, 0.717) is 12.5 Å². The Kier molecular flexibility index (Phi) is 23.6. The summed E-state index contributed by atoms with van der Waals surface area (Å²) in [6, 6.07) is 0.476. The van der Waals surface area contributed by atoms with Crippen molar-refractivity contribution in [2.75, 3.05) is 0 Å². The minimum atomic E-state index is -4.57. The molecule has 0 spiro atoms. The fourth-order valence-corrected chi connectivity index (χ4v) is 5.97. The van der Waals surface area contributed by atoms with Crippen LogP contribution < -0.4 is 5.32 Å². The van der Waals surface area contributed by atoms with Crippen molar-refractivity contribution in [3.8, 4) is 0 Å². The van der Waals surface area contributed by atoms with Gasteiger partial charge >= 0.3 is 16.4 Å². The normalized spacial score (nSPS) is 20.1. The van der Waals surface area contributed by atoms with Crippen molar-refractivity contribution in [3.05, 3.63) is 121 Å². The lowest BCUT2D eigenvalue weighted by Gasteiger charge is -2.30. The molecule has 0 heterocycles. The van der Waals surface area contributed by atoms with Crippen LogP contribution in [-0.2, 0) is 19.4 Å². The van der Waals surface area contributed by atoms with E-state index in [2.05, 4.69) is 5.32 Å². The van der Waals surface area contributed by atoms with Gasteiger partial charge in [-0.1, -0.05) is 149 Å². The Hall–Kier alpha value is -3.38. The lowest BCUT2D eigenvalue weighted by molar-refractivity contribution is -0.132. The van der Waals surface area contributed by atoms with Crippen LogP contribution in [0.25, 0.3) is 0 Å². The van der Waals surface area contributed by atoms with E-state index < -0.39 is 34.7 Å². The van der Waals surface area contributed by atoms with Gasteiger partial charge in [0.1, 0.15) is 0 Å². The van der Waals surface area contributed by atoms with Crippen molar-refractivity contribution in [1.29, 1.82) is 0 Å². The van der Waals surface area contributed by atoms with Crippen molar-refractivity contribution < 1.29 is 37.3 Å². The largest absolute Gasteiger partial charge is 0.478 e. The molecule has 284 valence electrons. The molecular formula is C41H61NO8S. The molecule has 0 radical (unpaired) electrons. The van der Waals surface area contributed by atoms with Gasteiger partial charge in [-0.3, -0.25) is 4.55 Å². The van der Waals surface area contributed by atoms with E-state index in [1.165, 1.54) is 12.8 Å². The summed E-state index contributed by atoms with van der Waals surface area (Å²) in [7, 11) is -4.57. The number of unbranched alkanes of at least 4 members (excludes halogenated alkanes) is 1. The van der Waals surface area contributed by atoms with Gasteiger partial charge in [0, 0.05) is 29.5 Å². The summed E-state index contributed by atoms with van der Waals surface area (Å²) in [5.41, 5.74) is 0.277. The predicted molar refractivity (Wildman–Crippen MR) is 208 cm³/mol. The van der Waals surface area contributed by atoms with Crippen LogP contribution in [0.1, 0.15) is 79.6 Å². The summed E-state index contributed by atoms with van der Waals surface area (Å²) in [5.74, 6) is -1.54. The highest BCUT2D eigenvalue weighted by molar-refractivity contribution is 7.80. The second-order valence-corrected chi connectivity index (χ2v) is 14.2. The number of aliphatic hydroxyl groups is 2. The molecule has 0 bridgehead atoms. The first kappa shape index (κ1) is 45.6. The number of allylic oxidation sites excluding steroid dienone is 16. The maximum Gasteiger partial charge on any atom is 0.397 e. The van der Waals surface area contributed by atoms with Crippen molar-refractivity contribution in [2.24, 2.45) is 17.8 Å². The van der Waals surface area contributed by atoms with E-state index in [-0.39, 0.29) is 29.4 Å². The Morgan fingerprint density at radius 1 is 0.765 bits per heavy atom. The van der Waals surface area contributed by atoms with E-state index in [9.17, 15) is 28.0 Å².